The molecule has 9 aromatic rings. The van der Waals surface area contributed by atoms with E-state index in [1.807, 2.05) is 0 Å². The van der Waals surface area contributed by atoms with Crippen LogP contribution in [0.3, 0.4) is 0 Å². The van der Waals surface area contributed by atoms with Gasteiger partial charge in [-0.1, -0.05) is 115 Å². The van der Waals surface area contributed by atoms with Crippen molar-refractivity contribution in [3.8, 4) is 27.9 Å². The predicted molar refractivity (Wildman–Crippen MR) is 225 cm³/mol. The van der Waals surface area contributed by atoms with Crippen molar-refractivity contribution in [2.24, 2.45) is 0 Å². The maximum atomic E-state index is 2.59. The lowest BCUT2D eigenvalue weighted by molar-refractivity contribution is 1.18. The lowest BCUT2D eigenvalue weighted by Crippen LogP contribution is -2.60. The van der Waals surface area contributed by atoms with E-state index in [4.69, 9.17) is 0 Å². The summed E-state index contributed by atoms with van der Waals surface area (Å²) in [7, 11) is 0. The van der Waals surface area contributed by atoms with Crippen molar-refractivity contribution in [3.63, 3.8) is 0 Å². The second-order valence-electron chi connectivity index (χ2n) is 14.2. The SMILES string of the molecule is Cc1ccccc1-c1cc2c3c(c1)-n1c4ccccc4c4cccc(c41)B3N(c1ccccc1)c1ccc(N(c3ccccc3)c3ccccc3)cc1-2. The third kappa shape index (κ3) is 4.42. The number of aryl methyl sites for hydroxylation is 1. The molecule has 4 heteroatoms. The van der Waals surface area contributed by atoms with Gasteiger partial charge in [0.05, 0.1) is 11.0 Å². The highest BCUT2D eigenvalue weighted by molar-refractivity contribution is 6.93. The Bertz CT molecular complexity index is 2820. The molecule has 0 atom stereocenters. The number of hydrogen-bond acceptors (Lipinski definition) is 2. The number of rotatable bonds is 5. The van der Waals surface area contributed by atoms with Crippen molar-refractivity contribution in [2.75, 3.05) is 9.71 Å². The van der Waals surface area contributed by atoms with Crippen LogP contribution < -0.4 is 20.6 Å². The minimum atomic E-state index is -0.0217. The Hall–Kier alpha value is -6.78. The molecule has 0 aliphatic carbocycles. The highest BCUT2D eigenvalue weighted by Gasteiger charge is 2.44. The van der Waals surface area contributed by atoms with E-state index in [1.54, 1.807) is 0 Å². The zero-order valence-corrected chi connectivity index (χ0v) is 29.3. The van der Waals surface area contributed by atoms with Crippen molar-refractivity contribution in [3.05, 3.63) is 194 Å². The van der Waals surface area contributed by atoms with Crippen molar-refractivity contribution in [1.29, 1.82) is 0 Å². The number of fused-ring (bicyclic) bond motifs is 7. The number of aromatic nitrogens is 1. The molecule has 53 heavy (non-hydrogen) atoms. The van der Waals surface area contributed by atoms with Gasteiger partial charge in [-0.05, 0) is 113 Å². The van der Waals surface area contributed by atoms with Gasteiger partial charge in [0.15, 0.2) is 0 Å². The first-order valence-electron chi connectivity index (χ1n) is 18.4. The quantitative estimate of drug-likeness (QED) is 0.168. The van der Waals surface area contributed by atoms with E-state index in [0.29, 0.717) is 0 Å². The van der Waals surface area contributed by atoms with Gasteiger partial charge in [-0.25, -0.2) is 0 Å². The van der Waals surface area contributed by atoms with E-state index < -0.39 is 0 Å². The smallest absolute Gasteiger partial charge is 0.333 e. The Morgan fingerprint density at radius 2 is 1.13 bits per heavy atom. The molecule has 0 saturated carbocycles. The van der Waals surface area contributed by atoms with Crippen LogP contribution in [0.1, 0.15) is 5.56 Å². The van der Waals surface area contributed by atoms with Gasteiger partial charge in [-0.15, -0.1) is 0 Å². The summed E-state index contributed by atoms with van der Waals surface area (Å²) in [6, 6.07) is 68.9. The van der Waals surface area contributed by atoms with Crippen LogP contribution in [-0.2, 0) is 0 Å². The number of benzene rings is 8. The molecule has 0 bridgehead atoms. The van der Waals surface area contributed by atoms with Crippen LogP contribution in [0.2, 0.25) is 0 Å². The molecule has 0 fully saturated rings. The van der Waals surface area contributed by atoms with Crippen molar-refractivity contribution >= 4 is 68.0 Å². The molecular weight excluding hydrogens is 641 g/mol. The van der Waals surface area contributed by atoms with E-state index >= 15 is 0 Å². The van der Waals surface area contributed by atoms with E-state index in [1.165, 1.54) is 77.6 Å². The van der Waals surface area contributed by atoms with Gasteiger partial charge >= 0.3 is 6.85 Å². The Morgan fingerprint density at radius 3 is 1.89 bits per heavy atom. The van der Waals surface area contributed by atoms with Crippen molar-refractivity contribution in [1.82, 2.24) is 4.57 Å². The minimum Gasteiger partial charge on any atom is -0.376 e. The molecule has 3 heterocycles. The molecule has 11 rings (SSSR count). The first kappa shape index (κ1) is 29.9. The highest BCUT2D eigenvalue weighted by Crippen LogP contribution is 2.48. The Kier molecular flexibility index (Phi) is 6.56. The Morgan fingerprint density at radius 1 is 0.472 bits per heavy atom. The summed E-state index contributed by atoms with van der Waals surface area (Å²) in [4.78, 5) is 4.96. The second kappa shape index (κ2) is 11.6. The molecule has 0 N–H and O–H groups in total. The number of anilines is 5. The fraction of sp³-hybridized carbons (Fsp3) is 0.0204. The monoisotopic (exact) mass is 675 g/mol. The van der Waals surface area contributed by atoms with Gasteiger partial charge in [0.25, 0.3) is 0 Å². The predicted octanol–water partition coefficient (Wildman–Crippen LogP) is 11.5. The van der Waals surface area contributed by atoms with E-state index in [0.717, 1.165) is 17.1 Å². The molecule has 1 aromatic heterocycles. The van der Waals surface area contributed by atoms with Gasteiger partial charge in [-0.2, -0.15) is 0 Å². The molecular formula is C49H34BN3. The third-order valence-electron chi connectivity index (χ3n) is 11.3. The Balaban J connectivity index is 1.28. The molecule has 0 unspecified atom stereocenters. The normalized spacial score (nSPS) is 12.5. The first-order chi connectivity index (χ1) is 26.2. The molecule has 2 aliphatic rings. The van der Waals surface area contributed by atoms with Gasteiger partial charge in [0.1, 0.15) is 0 Å². The summed E-state index contributed by atoms with van der Waals surface area (Å²) in [5.74, 6) is 0. The fourth-order valence-electron chi connectivity index (χ4n) is 9.03. The number of para-hydroxylation sites is 5. The van der Waals surface area contributed by atoms with Crippen LogP contribution >= 0.6 is 0 Å². The molecule has 3 nitrogen and oxygen atoms in total. The highest BCUT2D eigenvalue weighted by atomic mass is 15.1. The molecule has 2 aliphatic heterocycles. The zero-order valence-electron chi connectivity index (χ0n) is 29.3. The fourth-order valence-corrected chi connectivity index (χ4v) is 9.03. The van der Waals surface area contributed by atoms with Crippen LogP contribution in [0.4, 0.5) is 28.4 Å². The second-order valence-corrected chi connectivity index (χ2v) is 14.2. The van der Waals surface area contributed by atoms with Crippen molar-refractivity contribution in [2.45, 2.75) is 6.92 Å². The van der Waals surface area contributed by atoms with Gasteiger partial charge in [-0.3, -0.25) is 0 Å². The van der Waals surface area contributed by atoms with Crippen LogP contribution in [0.25, 0.3) is 49.7 Å². The molecule has 0 spiro atoms. The van der Waals surface area contributed by atoms with Crippen LogP contribution in [0, 0.1) is 6.92 Å². The number of hydrogen-bond donors (Lipinski definition) is 0. The summed E-state index contributed by atoms with van der Waals surface area (Å²) in [5.41, 5.74) is 18.4. The Labute approximate surface area is 309 Å². The standard InChI is InChI=1S/C49H34BN3/c1-33-16-11-12-23-39(33)34-30-43-42-32-38(51(35-17-5-2-6-18-35)36-19-7-3-8-20-36)28-29-46(42)53(37-21-9-4-10-22-37)50-44-26-15-25-41-40-24-13-14-27-45(40)52(49(41)44)47(31-34)48(43)50/h2-32H,1H3. The zero-order chi connectivity index (χ0) is 35.0. The van der Waals surface area contributed by atoms with Crippen LogP contribution in [-0.4, -0.2) is 11.4 Å². The third-order valence-corrected chi connectivity index (χ3v) is 11.3. The maximum absolute atomic E-state index is 2.59. The number of nitrogens with zero attached hydrogens (tertiary/aromatic N) is 3. The summed E-state index contributed by atoms with van der Waals surface area (Å²) < 4.78 is 2.55. The van der Waals surface area contributed by atoms with E-state index in [-0.39, 0.29) is 6.85 Å². The van der Waals surface area contributed by atoms with E-state index in [2.05, 4.69) is 209 Å². The maximum Gasteiger partial charge on any atom is 0.333 e. The summed E-state index contributed by atoms with van der Waals surface area (Å²) in [6.45, 7) is 2.20. The largest absolute Gasteiger partial charge is 0.376 e. The molecule has 248 valence electrons. The van der Waals surface area contributed by atoms with E-state index in [9.17, 15) is 0 Å². The summed E-state index contributed by atoms with van der Waals surface area (Å²) >= 11 is 0. The lowest BCUT2D eigenvalue weighted by atomic mass is 9.44. The van der Waals surface area contributed by atoms with Crippen LogP contribution in [0.5, 0.6) is 0 Å². The van der Waals surface area contributed by atoms with Gasteiger partial charge in [0, 0.05) is 50.5 Å². The average Bonchev–Trinajstić information content (AvgIpc) is 3.56. The van der Waals surface area contributed by atoms with Crippen LogP contribution in [0.15, 0.2) is 188 Å². The summed E-state index contributed by atoms with van der Waals surface area (Å²) in [6.07, 6.45) is 0. The topological polar surface area (TPSA) is 11.4 Å². The summed E-state index contributed by atoms with van der Waals surface area (Å²) in [5, 5.41) is 2.58. The molecule has 0 saturated heterocycles. The molecule has 0 amide bonds. The lowest BCUT2D eigenvalue weighted by Gasteiger charge is -2.42. The van der Waals surface area contributed by atoms with Crippen molar-refractivity contribution < 1.29 is 0 Å². The molecule has 8 aromatic carbocycles. The van der Waals surface area contributed by atoms with Gasteiger partial charge < -0.3 is 14.3 Å². The minimum absolute atomic E-state index is 0.0217. The first-order valence-corrected chi connectivity index (χ1v) is 18.4. The van der Waals surface area contributed by atoms with Gasteiger partial charge in [0.2, 0.25) is 0 Å². The average molecular weight is 676 g/mol. The molecule has 0 radical (unpaired) electrons.